The molecule has 114 valence electrons. The van der Waals surface area contributed by atoms with Gasteiger partial charge in [-0.25, -0.2) is 9.78 Å². The Labute approximate surface area is 124 Å². The van der Waals surface area contributed by atoms with E-state index in [0.717, 1.165) is 31.4 Å². The molecule has 20 heavy (non-hydrogen) atoms. The van der Waals surface area contributed by atoms with Gasteiger partial charge >= 0.3 is 6.03 Å². The lowest BCUT2D eigenvalue weighted by Crippen LogP contribution is -2.30. The van der Waals surface area contributed by atoms with Crippen molar-refractivity contribution in [2.24, 2.45) is 5.41 Å². The summed E-state index contributed by atoms with van der Waals surface area (Å²) in [5.41, 5.74) is 0.945. The number of aliphatic hydroxyl groups is 1. The zero-order valence-corrected chi connectivity index (χ0v) is 13.3. The van der Waals surface area contributed by atoms with E-state index in [1.165, 1.54) is 11.3 Å². The van der Waals surface area contributed by atoms with Gasteiger partial charge in [-0.3, -0.25) is 5.32 Å². The van der Waals surface area contributed by atoms with Gasteiger partial charge in [0.2, 0.25) is 0 Å². The minimum absolute atomic E-state index is 0.0808. The van der Waals surface area contributed by atoms with Gasteiger partial charge in [-0.05, 0) is 24.7 Å². The number of anilines is 1. The second-order valence-electron chi connectivity index (χ2n) is 5.70. The second kappa shape index (κ2) is 8.21. The Morgan fingerprint density at radius 1 is 1.50 bits per heavy atom. The molecule has 2 amide bonds. The topological polar surface area (TPSA) is 74.2 Å². The van der Waals surface area contributed by atoms with Crippen molar-refractivity contribution >= 4 is 22.5 Å². The van der Waals surface area contributed by atoms with Crippen LogP contribution in [0.5, 0.6) is 0 Å². The molecule has 0 bridgehead atoms. The molecule has 0 aromatic carbocycles. The summed E-state index contributed by atoms with van der Waals surface area (Å²) in [6.07, 6.45) is 3.72. The maximum absolute atomic E-state index is 11.7. The maximum atomic E-state index is 11.7. The monoisotopic (exact) mass is 299 g/mol. The Bertz CT molecular complexity index is 418. The largest absolute Gasteiger partial charge is 0.396 e. The van der Waals surface area contributed by atoms with E-state index >= 15 is 0 Å². The Balaban J connectivity index is 2.23. The number of aromatic nitrogens is 1. The quantitative estimate of drug-likeness (QED) is 0.646. The zero-order chi connectivity index (χ0) is 15.0. The van der Waals surface area contributed by atoms with Crippen molar-refractivity contribution in [1.29, 1.82) is 0 Å². The van der Waals surface area contributed by atoms with Gasteiger partial charge < -0.3 is 10.4 Å². The number of hydrogen-bond acceptors (Lipinski definition) is 4. The normalized spacial score (nSPS) is 11.4. The molecular formula is C14H25N3O2S. The van der Waals surface area contributed by atoms with Crippen LogP contribution in [0.3, 0.4) is 0 Å². The first-order valence-electron chi connectivity index (χ1n) is 7.07. The molecule has 0 fully saturated rings. The van der Waals surface area contributed by atoms with Crippen LogP contribution in [-0.2, 0) is 6.42 Å². The number of nitrogens with one attached hydrogen (secondary N) is 2. The van der Waals surface area contributed by atoms with Crippen molar-refractivity contribution in [2.45, 2.75) is 46.5 Å². The molecule has 1 heterocycles. The summed E-state index contributed by atoms with van der Waals surface area (Å²) >= 11 is 1.45. The van der Waals surface area contributed by atoms with Crippen LogP contribution in [0, 0.1) is 5.41 Å². The molecule has 3 N–H and O–H groups in total. The first kappa shape index (κ1) is 16.9. The molecule has 0 aliphatic heterocycles. The average Bonchev–Trinajstić information content (AvgIpc) is 2.82. The molecular weight excluding hydrogens is 274 g/mol. The summed E-state index contributed by atoms with van der Waals surface area (Å²) in [5, 5.41) is 17.3. The molecule has 6 heteroatoms. The molecule has 0 spiro atoms. The van der Waals surface area contributed by atoms with Crippen LogP contribution in [0.4, 0.5) is 9.93 Å². The Hall–Kier alpha value is -1.14. The second-order valence-corrected chi connectivity index (χ2v) is 6.56. The standard InChI is InChI=1S/C14H25N3O2S/c1-4-6-11-9-20-13(16-11)17-12(19)15-8-5-7-14(2,3)10-18/h9,18H,4-8,10H2,1-3H3,(H2,15,16,17,19). The van der Waals surface area contributed by atoms with E-state index in [0.29, 0.717) is 11.7 Å². The smallest absolute Gasteiger partial charge is 0.321 e. The molecule has 0 saturated carbocycles. The summed E-state index contributed by atoms with van der Waals surface area (Å²) in [6.45, 7) is 6.89. The number of carbonyl (C=O) groups excluding carboxylic acids is 1. The van der Waals surface area contributed by atoms with E-state index in [1.807, 2.05) is 19.2 Å². The van der Waals surface area contributed by atoms with Gasteiger partial charge in [-0.1, -0.05) is 27.2 Å². The van der Waals surface area contributed by atoms with Crippen molar-refractivity contribution in [2.75, 3.05) is 18.5 Å². The third-order valence-corrected chi connectivity index (χ3v) is 3.83. The van der Waals surface area contributed by atoms with E-state index in [-0.39, 0.29) is 18.1 Å². The highest BCUT2D eigenvalue weighted by molar-refractivity contribution is 7.13. The molecule has 0 aliphatic carbocycles. The Morgan fingerprint density at radius 2 is 2.25 bits per heavy atom. The number of nitrogens with zero attached hydrogens (tertiary/aromatic N) is 1. The molecule has 0 unspecified atom stereocenters. The third kappa shape index (κ3) is 6.34. The van der Waals surface area contributed by atoms with Gasteiger partial charge in [-0.15, -0.1) is 11.3 Å². The van der Waals surface area contributed by atoms with Crippen LogP contribution in [0.2, 0.25) is 0 Å². The van der Waals surface area contributed by atoms with Gasteiger partial charge in [0.1, 0.15) is 0 Å². The van der Waals surface area contributed by atoms with Crippen LogP contribution in [0.25, 0.3) is 0 Å². The van der Waals surface area contributed by atoms with E-state index in [4.69, 9.17) is 5.11 Å². The first-order chi connectivity index (χ1) is 9.46. The van der Waals surface area contributed by atoms with Gasteiger partial charge in [0, 0.05) is 18.5 Å². The first-order valence-corrected chi connectivity index (χ1v) is 7.95. The Morgan fingerprint density at radius 3 is 2.90 bits per heavy atom. The lowest BCUT2D eigenvalue weighted by Gasteiger charge is -2.21. The van der Waals surface area contributed by atoms with Crippen LogP contribution in [0.15, 0.2) is 5.38 Å². The molecule has 1 aromatic heterocycles. The van der Waals surface area contributed by atoms with Crippen LogP contribution in [-0.4, -0.2) is 29.3 Å². The third-order valence-electron chi connectivity index (χ3n) is 3.02. The van der Waals surface area contributed by atoms with Gasteiger partial charge in [0.05, 0.1) is 5.69 Å². The fourth-order valence-electron chi connectivity index (χ4n) is 1.72. The minimum atomic E-state index is -0.218. The van der Waals surface area contributed by atoms with Crippen molar-refractivity contribution in [3.63, 3.8) is 0 Å². The van der Waals surface area contributed by atoms with Crippen LogP contribution in [0.1, 0.15) is 45.7 Å². The fraction of sp³-hybridized carbons (Fsp3) is 0.714. The average molecular weight is 299 g/mol. The van der Waals surface area contributed by atoms with Crippen molar-refractivity contribution < 1.29 is 9.90 Å². The highest BCUT2D eigenvalue weighted by Gasteiger charge is 2.15. The summed E-state index contributed by atoms with van der Waals surface area (Å²) < 4.78 is 0. The van der Waals surface area contributed by atoms with E-state index in [2.05, 4.69) is 22.5 Å². The van der Waals surface area contributed by atoms with E-state index in [9.17, 15) is 4.79 Å². The number of rotatable bonds is 8. The number of aliphatic hydroxyl groups excluding tert-OH is 1. The van der Waals surface area contributed by atoms with Crippen molar-refractivity contribution in [1.82, 2.24) is 10.3 Å². The molecule has 0 saturated heterocycles. The molecule has 1 rings (SSSR count). The van der Waals surface area contributed by atoms with Crippen LogP contribution < -0.4 is 10.6 Å². The Kier molecular flexibility index (Phi) is 6.95. The SMILES string of the molecule is CCCc1csc(NC(=O)NCCCC(C)(C)CO)n1. The van der Waals surface area contributed by atoms with Gasteiger partial charge in [0.15, 0.2) is 5.13 Å². The molecule has 0 radical (unpaired) electrons. The number of hydrogen-bond donors (Lipinski definition) is 3. The summed E-state index contributed by atoms with van der Waals surface area (Å²) in [4.78, 5) is 16.0. The van der Waals surface area contributed by atoms with E-state index < -0.39 is 0 Å². The maximum Gasteiger partial charge on any atom is 0.321 e. The molecule has 0 aliphatic rings. The summed E-state index contributed by atoms with van der Waals surface area (Å²) in [5.74, 6) is 0. The van der Waals surface area contributed by atoms with Crippen molar-refractivity contribution in [3.8, 4) is 0 Å². The van der Waals surface area contributed by atoms with Crippen molar-refractivity contribution in [3.05, 3.63) is 11.1 Å². The molecule has 1 aromatic rings. The predicted octanol–water partition coefficient (Wildman–Crippen LogP) is 3.02. The number of aryl methyl sites for hydroxylation is 1. The fourth-order valence-corrected chi connectivity index (χ4v) is 2.46. The highest BCUT2D eigenvalue weighted by Crippen LogP contribution is 2.20. The summed E-state index contributed by atoms with van der Waals surface area (Å²) in [6, 6.07) is -0.218. The number of amides is 2. The van der Waals surface area contributed by atoms with Gasteiger partial charge in [-0.2, -0.15) is 0 Å². The minimum Gasteiger partial charge on any atom is -0.396 e. The molecule has 0 atom stereocenters. The number of thiazole rings is 1. The predicted molar refractivity (Wildman–Crippen MR) is 83.2 cm³/mol. The zero-order valence-electron chi connectivity index (χ0n) is 12.5. The number of urea groups is 1. The van der Waals surface area contributed by atoms with Gasteiger partial charge in [0.25, 0.3) is 0 Å². The van der Waals surface area contributed by atoms with E-state index in [1.54, 1.807) is 0 Å². The number of carbonyl (C=O) groups is 1. The van der Waals surface area contributed by atoms with Crippen LogP contribution >= 0.6 is 11.3 Å². The molecule has 5 nitrogen and oxygen atoms in total. The summed E-state index contributed by atoms with van der Waals surface area (Å²) in [7, 11) is 0. The lowest BCUT2D eigenvalue weighted by atomic mass is 9.89. The highest BCUT2D eigenvalue weighted by atomic mass is 32.1. The lowest BCUT2D eigenvalue weighted by molar-refractivity contribution is 0.148.